The van der Waals surface area contributed by atoms with Crippen LogP contribution in [0.4, 0.5) is 0 Å². The molecule has 3 N–H and O–H groups in total. The first kappa shape index (κ1) is 12.3. The summed E-state index contributed by atoms with van der Waals surface area (Å²) in [7, 11) is 0. The highest BCUT2D eigenvalue weighted by Crippen LogP contribution is 2.25. The molecule has 0 aliphatic carbocycles. The Bertz CT molecular complexity index is 225. The summed E-state index contributed by atoms with van der Waals surface area (Å²) in [6.45, 7) is 8.60. The molecule has 0 saturated carbocycles. The molecule has 1 rings (SSSR count). The second kappa shape index (κ2) is 5.35. The van der Waals surface area contributed by atoms with Gasteiger partial charge >= 0.3 is 0 Å². The van der Waals surface area contributed by atoms with Gasteiger partial charge in [-0.1, -0.05) is 6.92 Å². The molecule has 4 heteroatoms. The highest BCUT2D eigenvalue weighted by molar-refractivity contribution is 5.80. The standard InChI is InChI=1S/C11H24N4/c1-5-10-7-6-9(4)15(10)11(14-12)13-8(2)3/h8-10H,5-7,12H2,1-4H3,(H,13,14). The summed E-state index contributed by atoms with van der Waals surface area (Å²) in [6, 6.07) is 1.42. The van der Waals surface area contributed by atoms with Crippen molar-refractivity contribution >= 4 is 5.96 Å². The average molecular weight is 212 g/mol. The van der Waals surface area contributed by atoms with E-state index in [9.17, 15) is 0 Å². The van der Waals surface area contributed by atoms with Crippen LogP contribution in [0.15, 0.2) is 4.99 Å². The van der Waals surface area contributed by atoms with Crippen LogP contribution in [0.25, 0.3) is 0 Å². The predicted molar refractivity (Wildman–Crippen MR) is 64.5 cm³/mol. The lowest BCUT2D eigenvalue weighted by Gasteiger charge is -2.31. The van der Waals surface area contributed by atoms with Crippen LogP contribution in [0.2, 0.25) is 0 Å². The van der Waals surface area contributed by atoms with Crippen LogP contribution in [-0.2, 0) is 0 Å². The summed E-state index contributed by atoms with van der Waals surface area (Å²) in [5.41, 5.74) is 2.75. The van der Waals surface area contributed by atoms with E-state index in [0.29, 0.717) is 12.1 Å². The molecule has 1 fully saturated rings. The van der Waals surface area contributed by atoms with Crippen LogP contribution in [-0.4, -0.2) is 29.0 Å². The third kappa shape index (κ3) is 2.84. The second-order valence-electron chi connectivity index (χ2n) is 4.59. The molecule has 0 aromatic rings. The number of nitrogens with zero attached hydrogens (tertiary/aromatic N) is 2. The van der Waals surface area contributed by atoms with Crippen LogP contribution in [0.5, 0.6) is 0 Å². The Morgan fingerprint density at radius 3 is 2.67 bits per heavy atom. The minimum Gasteiger partial charge on any atom is -0.336 e. The molecule has 0 bridgehead atoms. The lowest BCUT2D eigenvalue weighted by Crippen LogP contribution is -2.50. The number of hydrogen-bond donors (Lipinski definition) is 2. The first-order chi connectivity index (χ1) is 7.10. The first-order valence-corrected chi connectivity index (χ1v) is 5.92. The summed E-state index contributed by atoms with van der Waals surface area (Å²) >= 11 is 0. The molecule has 0 spiro atoms. The van der Waals surface area contributed by atoms with Gasteiger partial charge < -0.3 is 4.90 Å². The molecule has 0 radical (unpaired) electrons. The van der Waals surface area contributed by atoms with Gasteiger partial charge in [-0.2, -0.15) is 0 Å². The number of nitrogens with two attached hydrogens (primary N) is 1. The minimum absolute atomic E-state index is 0.279. The molecular weight excluding hydrogens is 188 g/mol. The Labute approximate surface area is 92.9 Å². The fourth-order valence-electron chi connectivity index (χ4n) is 2.28. The maximum atomic E-state index is 5.56. The maximum Gasteiger partial charge on any atom is 0.209 e. The Kier molecular flexibility index (Phi) is 4.39. The second-order valence-corrected chi connectivity index (χ2v) is 4.59. The average Bonchev–Trinajstić information content (AvgIpc) is 2.56. The van der Waals surface area contributed by atoms with Crippen molar-refractivity contribution in [3.05, 3.63) is 0 Å². The molecule has 2 unspecified atom stereocenters. The van der Waals surface area contributed by atoms with E-state index in [-0.39, 0.29) is 6.04 Å². The van der Waals surface area contributed by atoms with E-state index in [1.54, 1.807) is 0 Å². The van der Waals surface area contributed by atoms with E-state index in [0.717, 1.165) is 12.4 Å². The molecule has 1 aliphatic heterocycles. The quantitative estimate of drug-likeness (QED) is 0.315. The van der Waals surface area contributed by atoms with Gasteiger partial charge in [-0.05, 0) is 40.0 Å². The van der Waals surface area contributed by atoms with Gasteiger partial charge in [0, 0.05) is 18.1 Å². The maximum absolute atomic E-state index is 5.56. The van der Waals surface area contributed by atoms with E-state index < -0.39 is 0 Å². The zero-order chi connectivity index (χ0) is 11.4. The van der Waals surface area contributed by atoms with Crippen molar-refractivity contribution in [2.24, 2.45) is 10.8 Å². The number of likely N-dealkylation sites (tertiary alicyclic amines) is 1. The summed E-state index contributed by atoms with van der Waals surface area (Å²) in [6.07, 6.45) is 3.64. The molecule has 4 nitrogen and oxygen atoms in total. The van der Waals surface area contributed by atoms with Crippen LogP contribution in [0, 0.1) is 0 Å². The molecule has 88 valence electrons. The highest BCUT2D eigenvalue weighted by atomic mass is 15.4. The van der Waals surface area contributed by atoms with Crippen molar-refractivity contribution in [3.63, 3.8) is 0 Å². The van der Waals surface area contributed by atoms with E-state index in [4.69, 9.17) is 5.84 Å². The summed E-state index contributed by atoms with van der Waals surface area (Å²) in [4.78, 5) is 6.87. The highest BCUT2D eigenvalue weighted by Gasteiger charge is 2.31. The normalized spacial score (nSPS) is 27.6. The predicted octanol–water partition coefficient (Wildman–Crippen LogP) is 1.48. The van der Waals surface area contributed by atoms with Gasteiger partial charge in [0.1, 0.15) is 0 Å². The van der Waals surface area contributed by atoms with Gasteiger partial charge in [0.25, 0.3) is 0 Å². The van der Waals surface area contributed by atoms with Gasteiger partial charge in [0.2, 0.25) is 5.96 Å². The number of hydrogen-bond acceptors (Lipinski definition) is 2. The molecule has 0 amide bonds. The number of rotatable bonds is 2. The van der Waals surface area contributed by atoms with Crippen LogP contribution in [0.1, 0.15) is 47.0 Å². The van der Waals surface area contributed by atoms with Crippen LogP contribution < -0.4 is 11.3 Å². The molecule has 1 saturated heterocycles. The molecule has 1 aliphatic rings. The Morgan fingerprint density at radius 1 is 1.53 bits per heavy atom. The van der Waals surface area contributed by atoms with Gasteiger partial charge in [-0.25, -0.2) is 10.8 Å². The van der Waals surface area contributed by atoms with Crippen molar-refractivity contribution in [3.8, 4) is 0 Å². The topological polar surface area (TPSA) is 53.6 Å². The van der Waals surface area contributed by atoms with Crippen molar-refractivity contribution in [1.82, 2.24) is 10.3 Å². The number of guanidine groups is 1. The van der Waals surface area contributed by atoms with Crippen molar-refractivity contribution < 1.29 is 0 Å². The number of nitrogens with one attached hydrogen (secondary N) is 1. The van der Waals surface area contributed by atoms with E-state index in [1.165, 1.54) is 12.8 Å². The SMILES string of the molecule is CCC1CCC(C)N1C(=NC(C)C)NN. The minimum atomic E-state index is 0.279. The smallest absolute Gasteiger partial charge is 0.209 e. The summed E-state index contributed by atoms with van der Waals surface area (Å²) in [5.74, 6) is 6.41. The van der Waals surface area contributed by atoms with E-state index in [2.05, 4.69) is 43.0 Å². The van der Waals surface area contributed by atoms with E-state index in [1.807, 2.05) is 0 Å². The van der Waals surface area contributed by atoms with Gasteiger partial charge in [0.05, 0.1) is 0 Å². The van der Waals surface area contributed by atoms with Gasteiger partial charge in [0.15, 0.2) is 0 Å². The van der Waals surface area contributed by atoms with E-state index >= 15 is 0 Å². The molecule has 2 atom stereocenters. The van der Waals surface area contributed by atoms with Crippen LogP contribution in [0.3, 0.4) is 0 Å². The lowest BCUT2D eigenvalue weighted by atomic mass is 10.2. The van der Waals surface area contributed by atoms with Crippen molar-refractivity contribution in [2.75, 3.05) is 0 Å². The van der Waals surface area contributed by atoms with Gasteiger partial charge in [-0.15, -0.1) is 0 Å². The van der Waals surface area contributed by atoms with Crippen molar-refractivity contribution in [2.45, 2.75) is 65.1 Å². The summed E-state index contributed by atoms with van der Waals surface area (Å²) < 4.78 is 0. The molecule has 0 aromatic carbocycles. The molecule has 15 heavy (non-hydrogen) atoms. The fraction of sp³-hybridized carbons (Fsp3) is 0.909. The molecule has 0 aromatic heterocycles. The number of aliphatic imine (C=N–C) groups is 1. The zero-order valence-corrected chi connectivity index (χ0v) is 10.3. The van der Waals surface area contributed by atoms with Crippen molar-refractivity contribution in [1.29, 1.82) is 0 Å². The fourth-order valence-corrected chi connectivity index (χ4v) is 2.28. The summed E-state index contributed by atoms with van der Waals surface area (Å²) in [5, 5.41) is 0. The van der Waals surface area contributed by atoms with Crippen LogP contribution >= 0.6 is 0 Å². The zero-order valence-electron chi connectivity index (χ0n) is 10.3. The van der Waals surface area contributed by atoms with Gasteiger partial charge in [-0.3, -0.25) is 5.43 Å². The Morgan fingerprint density at radius 2 is 2.20 bits per heavy atom. The Balaban J connectivity index is 2.81. The molecular formula is C11H24N4. The monoisotopic (exact) mass is 212 g/mol. The third-order valence-electron chi connectivity index (χ3n) is 3.01. The Hall–Kier alpha value is -0.770. The molecule has 1 heterocycles. The lowest BCUT2D eigenvalue weighted by molar-refractivity contribution is 0.308. The number of hydrazine groups is 1. The first-order valence-electron chi connectivity index (χ1n) is 5.92. The third-order valence-corrected chi connectivity index (χ3v) is 3.01. The largest absolute Gasteiger partial charge is 0.336 e.